The lowest BCUT2D eigenvalue weighted by atomic mass is 10.1. The molecule has 1 N–H and O–H groups in total. The van der Waals surface area contributed by atoms with Crippen molar-refractivity contribution >= 4 is 22.5 Å². The van der Waals surface area contributed by atoms with Crippen molar-refractivity contribution in [1.29, 1.82) is 0 Å². The van der Waals surface area contributed by atoms with E-state index in [0.717, 1.165) is 0 Å². The first-order chi connectivity index (χ1) is 13.4. The summed E-state index contributed by atoms with van der Waals surface area (Å²) in [6, 6.07) is 11.7. The van der Waals surface area contributed by atoms with Gasteiger partial charge in [0.15, 0.2) is 12.4 Å². The number of halogens is 2. The van der Waals surface area contributed by atoms with E-state index >= 15 is 0 Å². The van der Waals surface area contributed by atoms with Gasteiger partial charge in [-0.1, -0.05) is 18.2 Å². The summed E-state index contributed by atoms with van der Waals surface area (Å²) in [4.78, 5) is 35.8. The number of ether oxygens (including phenoxy) is 2. The molecule has 3 aromatic rings. The molecule has 2 aromatic carbocycles. The predicted octanol–water partition coefficient (Wildman–Crippen LogP) is 2.49. The van der Waals surface area contributed by atoms with E-state index in [1.165, 1.54) is 24.3 Å². The Morgan fingerprint density at radius 1 is 1.04 bits per heavy atom. The molecule has 0 amide bonds. The van der Waals surface area contributed by atoms with Crippen molar-refractivity contribution in [3.05, 3.63) is 70.1 Å². The number of fused-ring (bicyclic) bond motifs is 1. The first-order valence-electron chi connectivity index (χ1n) is 8.14. The third-order valence-corrected chi connectivity index (χ3v) is 3.85. The van der Waals surface area contributed by atoms with Gasteiger partial charge in [-0.2, -0.15) is 13.9 Å². The van der Waals surface area contributed by atoms with Gasteiger partial charge in [0, 0.05) is 10.9 Å². The van der Waals surface area contributed by atoms with Crippen molar-refractivity contribution in [2.45, 2.75) is 13.0 Å². The van der Waals surface area contributed by atoms with Crippen LogP contribution in [0.25, 0.3) is 10.8 Å². The molecule has 0 saturated heterocycles. The number of aromatic nitrogens is 2. The fourth-order valence-electron chi connectivity index (χ4n) is 2.55. The van der Waals surface area contributed by atoms with Crippen LogP contribution in [0.1, 0.15) is 16.1 Å². The molecule has 1 aromatic heterocycles. The molecule has 1 heterocycles. The highest BCUT2D eigenvalue weighted by atomic mass is 19.3. The number of nitrogens with one attached hydrogen (secondary N) is 1. The van der Waals surface area contributed by atoms with Crippen molar-refractivity contribution < 1.29 is 27.8 Å². The summed E-state index contributed by atoms with van der Waals surface area (Å²) >= 11 is 0. The average molecular weight is 388 g/mol. The number of hydrogen-bond acceptors (Lipinski definition) is 6. The Labute approximate surface area is 156 Å². The summed E-state index contributed by atoms with van der Waals surface area (Å²) in [5, 5.41) is 7.09. The molecule has 0 unspecified atom stereocenters. The number of ketones is 1. The topological polar surface area (TPSA) is 98.4 Å². The van der Waals surface area contributed by atoms with E-state index in [9.17, 15) is 23.2 Å². The lowest BCUT2D eigenvalue weighted by Crippen LogP contribution is -2.18. The van der Waals surface area contributed by atoms with Crippen LogP contribution in [0.5, 0.6) is 5.75 Å². The summed E-state index contributed by atoms with van der Waals surface area (Å²) in [5.41, 5.74) is 0.130. The summed E-state index contributed by atoms with van der Waals surface area (Å²) in [5.74, 6) is -1.29. The van der Waals surface area contributed by atoms with Gasteiger partial charge in [-0.05, 0) is 30.3 Å². The molecule has 0 saturated carbocycles. The molecule has 0 radical (unpaired) electrons. The van der Waals surface area contributed by atoms with Crippen LogP contribution in [0.2, 0.25) is 0 Å². The van der Waals surface area contributed by atoms with E-state index in [-0.39, 0.29) is 23.3 Å². The van der Waals surface area contributed by atoms with Crippen LogP contribution < -0.4 is 10.3 Å². The number of hydrogen-bond donors (Lipinski definition) is 1. The number of alkyl halides is 2. The molecule has 0 aliphatic carbocycles. The zero-order chi connectivity index (χ0) is 20.1. The highest BCUT2D eigenvalue weighted by Crippen LogP contribution is 2.16. The maximum Gasteiger partial charge on any atom is 0.387 e. The molecule has 28 heavy (non-hydrogen) atoms. The van der Waals surface area contributed by atoms with Gasteiger partial charge < -0.3 is 9.47 Å². The van der Waals surface area contributed by atoms with Crippen LogP contribution in [0.3, 0.4) is 0 Å². The minimum atomic E-state index is -2.96. The minimum absolute atomic E-state index is 0.0837. The Morgan fingerprint density at radius 2 is 1.71 bits per heavy atom. The molecule has 144 valence electrons. The highest BCUT2D eigenvalue weighted by Gasteiger charge is 2.14. The highest BCUT2D eigenvalue weighted by molar-refractivity contribution is 5.98. The SMILES string of the molecule is O=C(Cc1n[nH]c(=O)c2ccccc12)OCC(=O)c1ccc(OC(F)F)cc1. The number of H-pyrrole nitrogens is 1. The second-order valence-electron chi connectivity index (χ2n) is 5.71. The van der Waals surface area contributed by atoms with Gasteiger partial charge >= 0.3 is 12.6 Å². The molecule has 0 aliphatic heterocycles. The second-order valence-corrected chi connectivity index (χ2v) is 5.71. The normalized spacial score (nSPS) is 10.8. The van der Waals surface area contributed by atoms with Gasteiger partial charge in [-0.15, -0.1) is 0 Å². The summed E-state index contributed by atoms with van der Waals surface area (Å²) in [7, 11) is 0. The number of aromatic amines is 1. The fraction of sp³-hybridized carbons (Fsp3) is 0.158. The van der Waals surface area contributed by atoms with Crippen molar-refractivity contribution in [3.8, 4) is 5.75 Å². The van der Waals surface area contributed by atoms with E-state index in [0.29, 0.717) is 16.5 Å². The first kappa shape index (κ1) is 19.2. The monoisotopic (exact) mass is 388 g/mol. The van der Waals surface area contributed by atoms with Crippen LogP contribution in [0, 0.1) is 0 Å². The minimum Gasteiger partial charge on any atom is -0.457 e. The number of Topliss-reactive ketones (excluding diaryl/α,β-unsaturated/α-hetero) is 1. The molecule has 0 aliphatic rings. The zero-order valence-corrected chi connectivity index (χ0v) is 14.4. The first-order valence-corrected chi connectivity index (χ1v) is 8.14. The number of carbonyl (C=O) groups excluding carboxylic acids is 2. The molecule has 0 bridgehead atoms. The Bertz CT molecular complexity index is 1060. The van der Waals surface area contributed by atoms with E-state index in [1.54, 1.807) is 24.3 Å². The molecule has 9 heteroatoms. The van der Waals surface area contributed by atoms with Gasteiger partial charge in [0.05, 0.1) is 17.5 Å². The maximum absolute atomic E-state index is 12.1. The molecular formula is C19H14F2N2O5. The Morgan fingerprint density at radius 3 is 2.39 bits per heavy atom. The van der Waals surface area contributed by atoms with Crippen LogP contribution >= 0.6 is 0 Å². The van der Waals surface area contributed by atoms with Gasteiger partial charge in [-0.3, -0.25) is 14.4 Å². The van der Waals surface area contributed by atoms with E-state index in [1.807, 2.05) is 0 Å². The van der Waals surface area contributed by atoms with Crippen LogP contribution in [-0.2, 0) is 16.0 Å². The van der Waals surface area contributed by atoms with Crippen LogP contribution in [0.15, 0.2) is 53.3 Å². The lowest BCUT2D eigenvalue weighted by Gasteiger charge is -2.07. The molecule has 7 nitrogen and oxygen atoms in total. The lowest BCUT2D eigenvalue weighted by molar-refractivity contribution is -0.141. The smallest absolute Gasteiger partial charge is 0.387 e. The maximum atomic E-state index is 12.1. The van der Waals surface area contributed by atoms with Gasteiger partial charge in [0.25, 0.3) is 5.56 Å². The summed E-state index contributed by atoms with van der Waals surface area (Å²) < 4.78 is 33.4. The Kier molecular flexibility index (Phi) is 5.73. The number of nitrogens with zero attached hydrogens (tertiary/aromatic N) is 1. The van der Waals surface area contributed by atoms with Gasteiger partial charge in [0.2, 0.25) is 0 Å². The quantitative estimate of drug-likeness (QED) is 0.493. The molecule has 0 atom stereocenters. The van der Waals surface area contributed by atoms with Crippen molar-refractivity contribution in [2.75, 3.05) is 6.61 Å². The predicted molar refractivity (Wildman–Crippen MR) is 94.4 cm³/mol. The van der Waals surface area contributed by atoms with Gasteiger partial charge in [0.1, 0.15) is 5.75 Å². The molecule has 0 fully saturated rings. The number of rotatable bonds is 7. The standard InChI is InChI=1S/C19H14F2N2O5/c20-19(21)28-12-7-5-11(6-8-12)16(24)10-27-17(25)9-15-13-3-1-2-4-14(13)18(26)23-22-15/h1-8,19H,9-10H2,(H,23,26). The molecular weight excluding hydrogens is 374 g/mol. The average Bonchev–Trinajstić information content (AvgIpc) is 2.68. The third-order valence-electron chi connectivity index (χ3n) is 3.85. The number of carbonyl (C=O) groups is 2. The van der Waals surface area contributed by atoms with E-state index < -0.39 is 25.0 Å². The van der Waals surface area contributed by atoms with E-state index in [2.05, 4.69) is 14.9 Å². The Hall–Kier alpha value is -3.62. The number of esters is 1. The van der Waals surface area contributed by atoms with E-state index in [4.69, 9.17) is 4.74 Å². The van der Waals surface area contributed by atoms with Crippen molar-refractivity contribution in [1.82, 2.24) is 10.2 Å². The van der Waals surface area contributed by atoms with Crippen LogP contribution in [-0.4, -0.2) is 35.2 Å². The fourth-order valence-corrected chi connectivity index (χ4v) is 2.55. The van der Waals surface area contributed by atoms with Crippen molar-refractivity contribution in [3.63, 3.8) is 0 Å². The third kappa shape index (κ3) is 4.56. The summed E-state index contributed by atoms with van der Waals surface area (Å²) in [6.07, 6.45) is -0.230. The van der Waals surface area contributed by atoms with Crippen molar-refractivity contribution in [2.24, 2.45) is 0 Å². The second kappa shape index (κ2) is 8.38. The largest absolute Gasteiger partial charge is 0.457 e. The van der Waals surface area contributed by atoms with Crippen LogP contribution in [0.4, 0.5) is 8.78 Å². The molecule has 3 rings (SSSR count). The molecule has 0 spiro atoms. The van der Waals surface area contributed by atoms with Gasteiger partial charge in [-0.25, -0.2) is 5.10 Å². The summed E-state index contributed by atoms with van der Waals surface area (Å²) in [6.45, 7) is -3.48. The Balaban J connectivity index is 1.61. The zero-order valence-electron chi connectivity index (χ0n) is 14.4. The number of benzene rings is 2.